The highest BCUT2D eigenvalue weighted by Crippen LogP contribution is 2.13. The van der Waals surface area contributed by atoms with Gasteiger partial charge in [-0.2, -0.15) is 0 Å². The fraction of sp³-hybridized carbons (Fsp3) is 0.154. The summed E-state index contributed by atoms with van der Waals surface area (Å²) in [6.45, 7) is 0.373. The maximum Gasteiger partial charge on any atom is 0.251 e. The number of nitrogens with zero attached hydrogens (tertiary/aromatic N) is 2. The van der Waals surface area contributed by atoms with Crippen molar-refractivity contribution in [3.8, 4) is 5.88 Å². The third-order valence-corrected chi connectivity index (χ3v) is 2.43. The number of pyridine rings is 2. The van der Waals surface area contributed by atoms with Crippen LogP contribution in [0.2, 0.25) is 0 Å². The lowest BCUT2D eigenvalue weighted by molar-refractivity contribution is 0.0950. The smallest absolute Gasteiger partial charge is 0.251 e. The van der Waals surface area contributed by atoms with Gasteiger partial charge in [-0.05, 0) is 18.2 Å². The Morgan fingerprint density at radius 3 is 2.78 bits per heavy atom. The van der Waals surface area contributed by atoms with E-state index >= 15 is 0 Å². The maximum absolute atomic E-state index is 11.8. The normalized spacial score (nSPS) is 9.83. The molecular weight excluding hydrogens is 230 g/mol. The molecule has 1 amide bonds. The van der Waals surface area contributed by atoms with Gasteiger partial charge in [0.25, 0.3) is 5.91 Å². The number of methoxy groups -OCH3 is 1. The summed E-state index contributed by atoms with van der Waals surface area (Å²) in [6.07, 6.45) is 4.81. The van der Waals surface area contributed by atoms with Crippen molar-refractivity contribution < 1.29 is 9.53 Å². The molecule has 5 heteroatoms. The number of hydrogen-bond donors (Lipinski definition) is 1. The summed E-state index contributed by atoms with van der Waals surface area (Å²) in [5.74, 6) is 0.371. The van der Waals surface area contributed by atoms with Gasteiger partial charge in [0.1, 0.15) is 0 Å². The number of carbonyl (C=O) groups excluding carboxylic acids is 1. The first-order chi connectivity index (χ1) is 8.81. The Kier molecular flexibility index (Phi) is 3.86. The second-order valence-electron chi connectivity index (χ2n) is 3.59. The summed E-state index contributed by atoms with van der Waals surface area (Å²) in [4.78, 5) is 19.7. The molecule has 0 radical (unpaired) electrons. The minimum atomic E-state index is -0.150. The summed E-state index contributed by atoms with van der Waals surface area (Å²) in [7, 11) is 1.55. The molecule has 5 nitrogen and oxygen atoms in total. The minimum Gasteiger partial charge on any atom is -0.481 e. The summed E-state index contributed by atoms with van der Waals surface area (Å²) in [5, 5.41) is 2.80. The quantitative estimate of drug-likeness (QED) is 0.882. The van der Waals surface area contributed by atoms with Crippen molar-refractivity contribution in [3.63, 3.8) is 0 Å². The topological polar surface area (TPSA) is 64.1 Å². The Morgan fingerprint density at radius 1 is 1.28 bits per heavy atom. The molecule has 0 saturated heterocycles. The van der Waals surface area contributed by atoms with Crippen LogP contribution in [0.5, 0.6) is 5.88 Å². The van der Waals surface area contributed by atoms with Gasteiger partial charge < -0.3 is 10.1 Å². The molecule has 2 aromatic rings. The summed E-state index contributed by atoms with van der Waals surface area (Å²) >= 11 is 0. The molecule has 18 heavy (non-hydrogen) atoms. The second-order valence-corrected chi connectivity index (χ2v) is 3.59. The molecule has 0 aliphatic rings. The lowest BCUT2D eigenvalue weighted by atomic mass is 10.2. The van der Waals surface area contributed by atoms with E-state index in [9.17, 15) is 4.79 Å². The third kappa shape index (κ3) is 2.82. The van der Waals surface area contributed by atoms with Crippen LogP contribution in [-0.2, 0) is 6.54 Å². The number of rotatable bonds is 4. The molecule has 0 atom stereocenters. The minimum absolute atomic E-state index is 0.150. The predicted octanol–water partition coefficient (Wildman–Crippen LogP) is 1.42. The first-order valence-corrected chi connectivity index (χ1v) is 5.47. The van der Waals surface area contributed by atoms with Crippen molar-refractivity contribution in [2.45, 2.75) is 6.54 Å². The predicted molar refractivity (Wildman–Crippen MR) is 66.2 cm³/mol. The fourth-order valence-electron chi connectivity index (χ4n) is 1.52. The second kappa shape index (κ2) is 5.77. The molecule has 92 valence electrons. The van der Waals surface area contributed by atoms with Crippen LogP contribution in [0.3, 0.4) is 0 Å². The highest BCUT2D eigenvalue weighted by atomic mass is 16.5. The highest BCUT2D eigenvalue weighted by molar-refractivity contribution is 5.93. The number of hydrogen-bond acceptors (Lipinski definition) is 4. The van der Waals surface area contributed by atoms with Gasteiger partial charge in [-0.1, -0.05) is 6.07 Å². The van der Waals surface area contributed by atoms with E-state index in [1.165, 1.54) is 0 Å². The third-order valence-electron chi connectivity index (χ3n) is 2.43. The van der Waals surface area contributed by atoms with Crippen molar-refractivity contribution in [3.05, 3.63) is 54.0 Å². The molecule has 0 saturated carbocycles. The summed E-state index contributed by atoms with van der Waals surface area (Å²) in [6, 6.07) is 6.99. The number of ether oxygens (including phenoxy) is 1. The maximum atomic E-state index is 11.8. The number of carbonyl (C=O) groups is 1. The Labute approximate surface area is 105 Å². The molecule has 0 aromatic carbocycles. The Balaban J connectivity index is 2.02. The van der Waals surface area contributed by atoms with Gasteiger partial charge in [-0.3, -0.25) is 9.78 Å². The molecule has 1 N–H and O–H groups in total. The van der Waals surface area contributed by atoms with Gasteiger partial charge in [0.05, 0.1) is 7.11 Å². The van der Waals surface area contributed by atoms with Crippen molar-refractivity contribution in [2.75, 3.05) is 7.11 Å². The Bertz CT molecular complexity index is 529. The van der Waals surface area contributed by atoms with Crippen LogP contribution in [0.1, 0.15) is 15.9 Å². The monoisotopic (exact) mass is 243 g/mol. The lowest BCUT2D eigenvalue weighted by Crippen LogP contribution is -2.23. The van der Waals surface area contributed by atoms with E-state index < -0.39 is 0 Å². The fourth-order valence-corrected chi connectivity index (χ4v) is 1.52. The van der Waals surface area contributed by atoms with Crippen LogP contribution in [0.25, 0.3) is 0 Å². The van der Waals surface area contributed by atoms with Crippen molar-refractivity contribution in [2.24, 2.45) is 0 Å². The molecule has 0 unspecified atom stereocenters. The molecule has 0 aliphatic carbocycles. The van der Waals surface area contributed by atoms with E-state index in [0.29, 0.717) is 18.0 Å². The van der Waals surface area contributed by atoms with Crippen LogP contribution >= 0.6 is 0 Å². The van der Waals surface area contributed by atoms with E-state index in [1.807, 2.05) is 6.07 Å². The van der Waals surface area contributed by atoms with Crippen LogP contribution in [0, 0.1) is 0 Å². The number of nitrogens with one attached hydrogen (secondary N) is 1. The van der Waals surface area contributed by atoms with Crippen molar-refractivity contribution in [1.82, 2.24) is 15.3 Å². The van der Waals surface area contributed by atoms with Gasteiger partial charge in [-0.15, -0.1) is 0 Å². The molecule has 0 spiro atoms. The molecule has 0 bridgehead atoms. The van der Waals surface area contributed by atoms with Crippen LogP contribution < -0.4 is 10.1 Å². The molecule has 0 fully saturated rings. The number of aromatic nitrogens is 2. The molecule has 2 heterocycles. The Morgan fingerprint density at radius 2 is 2.06 bits per heavy atom. The van der Waals surface area contributed by atoms with Gasteiger partial charge in [-0.25, -0.2) is 4.98 Å². The average Bonchev–Trinajstić information content (AvgIpc) is 2.46. The van der Waals surface area contributed by atoms with Crippen molar-refractivity contribution in [1.29, 1.82) is 0 Å². The Hall–Kier alpha value is -2.43. The zero-order valence-electron chi connectivity index (χ0n) is 9.96. The lowest BCUT2D eigenvalue weighted by Gasteiger charge is -2.08. The van der Waals surface area contributed by atoms with Crippen LogP contribution in [-0.4, -0.2) is 23.0 Å². The zero-order valence-corrected chi connectivity index (χ0v) is 9.96. The van der Waals surface area contributed by atoms with E-state index in [0.717, 1.165) is 5.56 Å². The van der Waals surface area contributed by atoms with E-state index in [2.05, 4.69) is 15.3 Å². The van der Waals surface area contributed by atoms with E-state index in [4.69, 9.17) is 4.74 Å². The molecule has 0 aliphatic heterocycles. The van der Waals surface area contributed by atoms with Crippen LogP contribution in [0.4, 0.5) is 0 Å². The van der Waals surface area contributed by atoms with Gasteiger partial charge in [0, 0.05) is 36.3 Å². The molecule has 2 rings (SSSR count). The summed E-state index contributed by atoms with van der Waals surface area (Å²) in [5.41, 5.74) is 1.41. The first-order valence-electron chi connectivity index (χ1n) is 5.47. The van der Waals surface area contributed by atoms with Gasteiger partial charge in [0.15, 0.2) is 0 Å². The summed E-state index contributed by atoms with van der Waals surface area (Å²) < 4.78 is 5.11. The van der Waals surface area contributed by atoms with E-state index in [-0.39, 0.29) is 5.91 Å². The SMILES string of the molecule is COc1ncccc1CNC(=O)c1ccncc1. The zero-order chi connectivity index (χ0) is 12.8. The van der Waals surface area contributed by atoms with Gasteiger partial charge in [0.2, 0.25) is 5.88 Å². The van der Waals surface area contributed by atoms with Crippen LogP contribution in [0.15, 0.2) is 42.9 Å². The van der Waals surface area contributed by atoms with E-state index in [1.54, 1.807) is 43.9 Å². The molecule has 2 aromatic heterocycles. The van der Waals surface area contributed by atoms with Crippen molar-refractivity contribution >= 4 is 5.91 Å². The highest BCUT2D eigenvalue weighted by Gasteiger charge is 2.07. The average molecular weight is 243 g/mol. The largest absolute Gasteiger partial charge is 0.481 e. The standard InChI is InChI=1S/C13H13N3O2/c1-18-13-11(3-2-6-15-13)9-16-12(17)10-4-7-14-8-5-10/h2-8H,9H2,1H3,(H,16,17). The number of amides is 1. The molecular formula is C13H13N3O2. The first kappa shape index (κ1) is 12.0. The van der Waals surface area contributed by atoms with Gasteiger partial charge >= 0.3 is 0 Å².